The zero-order chi connectivity index (χ0) is 11.6. The van der Waals surface area contributed by atoms with Crippen molar-refractivity contribution in [1.29, 1.82) is 0 Å². The van der Waals surface area contributed by atoms with Crippen LogP contribution in [0.15, 0.2) is 18.7 Å². The van der Waals surface area contributed by atoms with Gasteiger partial charge in [-0.15, -0.1) is 0 Å². The fraction of sp³-hybridized carbons (Fsp3) is 0.714. The normalized spacial score (nSPS) is 24.0. The van der Waals surface area contributed by atoms with Crippen LogP contribution >= 0.6 is 0 Å². The second-order valence-corrected chi connectivity index (χ2v) is 5.75. The first-order valence-electron chi connectivity index (χ1n) is 6.88. The molecule has 1 heterocycles. The molecule has 3 rings (SSSR count). The summed E-state index contributed by atoms with van der Waals surface area (Å²) in [6.07, 6.45) is 16.7. The van der Waals surface area contributed by atoms with Crippen LogP contribution in [-0.2, 0) is 0 Å². The van der Waals surface area contributed by atoms with E-state index in [-0.39, 0.29) is 0 Å². The minimum Gasteiger partial charge on any atom is -0.380 e. The molecule has 92 valence electrons. The van der Waals surface area contributed by atoms with Crippen molar-refractivity contribution in [3.05, 3.63) is 18.7 Å². The Balaban J connectivity index is 1.55. The molecule has 0 saturated heterocycles. The molecule has 1 spiro atoms. The molecule has 2 saturated carbocycles. The lowest BCUT2D eigenvalue weighted by atomic mass is 9.71. The number of anilines is 1. The first-order valence-corrected chi connectivity index (χ1v) is 6.88. The van der Waals surface area contributed by atoms with Crippen molar-refractivity contribution < 1.29 is 0 Å². The highest BCUT2D eigenvalue weighted by atomic mass is 15.0. The number of hydrogen-bond donors (Lipinski definition) is 1. The lowest BCUT2D eigenvalue weighted by Gasteiger charge is -2.37. The Hall–Kier alpha value is -1.12. The number of nitrogens with zero attached hydrogens (tertiary/aromatic N) is 2. The second kappa shape index (κ2) is 4.63. The Morgan fingerprint density at radius 3 is 2.29 bits per heavy atom. The van der Waals surface area contributed by atoms with Crippen molar-refractivity contribution in [3.8, 4) is 0 Å². The van der Waals surface area contributed by atoms with Crippen molar-refractivity contribution in [3.63, 3.8) is 0 Å². The van der Waals surface area contributed by atoms with E-state index < -0.39 is 0 Å². The van der Waals surface area contributed by atoms with Gasteiger partial charge in [0.15, 0.2) is 0 Å². The van der Waals surface area contributed by atoms with Gasteiger partial charge < -0.3 is 5.32 Å². The monoisotopic (exact) mass is 231 g/mol. The van der Waals surface area contributed by atoms with E-state index >= 15 is 0 Å². The Labute approximate surface area is 103 Å². The summed E-state index contributed by atoms with van der Waals surface area (Å²) < 4.78 is 0. The van der Waals surface area contributed by atoms with Gasteiger partial charge in [-0.25, -0.2) is 9.97 Å². The van der Waals surface area contributed by atoms with Crippen LogP contribution in [0.1, 0.15) is 51.4 Å². The molecule has 2 aliphatic carbocycles. The number of aromatic nitrogens is 2. The fourth-order valence-corrected chi connectivity index (χ4v) is 3.61. The summed E-state index contributed by atoms with van der Waals surface area (Å²) in [4.78, 5) is 8.10. The van der Waals surface area contributed by atoms with Crippen LogP contribution in [0, 0.1) is 5.41 Å². The van der Waals surface area contributed by atoms with Gasteiger partial charge in [0, 0.05) is 6.04 Å². The molecular weight excluding hydrogens is 210 g/mol. The lowest BCUT2D eigenvalue weighted by molar-refractivity contribution is 0.188. The van der Waals surface area contributed by atoms with Crippen molar-refractivity contribution in [2.75, 3.05) is 5.32 Å². The summed E-state index contributed by atoms with van der Waals surface area (Å²) in [5, 5.41) is 3.56. The highest BCUT2D eigenvalue weighted by Gasteiger charge is 2.37. The van der Waals surface area contributed by atoms with E-state index in [1.807, 2.05) is 12.4 Å². The Kier molecular flexibility index (Phi) is 3.00. The van der Waals surface area contributed by atoms with Gasteiger partial charge in [-0.3, -0.25) is 0 Å². The molecule has 1 N–H and O–H groups in total. The number of hydrogen-bond acceptors (Lipinski definition) is 3. The van der Waals surface area contributed by atoms with Gasteiger partial charge in [0.1, 0.15) is 6.33 Å². The average Bonchev–Trinajstić information content (AvgIpc) is 2.83. The maximum Gasteiger partial charge on any atom is 0.115 e. The second-order valence-electron chi connectivity index (χ2n) is 5.75. The molecule has 0 aliphatic heterocycles. The molecule has 0 radical (unpaired) electrons. The SMILES string of the molecule is c1ncc(NC2CCC3(CCCC3)CC2)cn1. The van der Waals surface area contributed by atoms with Gasteiger partial charge in [0.25, 0.3) is 0 Å². The standard InChI is InChI=1S/C14H21N3/c1-2-6-14(5-1)7-3-12(4-8-14)17-13-9-15-11-16-10-13/h9-12,17H,1-8H2. The van der Waals surface area contributed by atoms with E-state index in [0.29, 0.717) is 6.04 Å². The van der Waals surface area contributed by atoms with Crippen molar-refractivity contribution >= 4 is 5.69 Å². The minimum absolute atomic E-state index is 0.632. The maximum absolute atomic E-state index is 4.05. The van der Waals surface area contributed by atoms with Gasteiger partial charge in [0.05, 0.1) is 18.1 Å². The Morgan fingerprint density at radius 2 is 1.65 bits per heavy atom. The molecule has 3 nitrogen and oxygen atoms in total. The third-order valence-electron chi connectivity index (χ3n) is 4.64. The zero-order valence-corrected chi connectivity index (χ0v) is 10.4. The molecule has 0 bridgehead atoms. The van der Waals surface area contributed by atoms with Crippen LogP contribution in [0.4, 0.5) is 5.69 Å². The summed E-state index contributed by atoms with van der Waals surface area (Å²) in [6, 6.07) is 0.632. The minimum atomic E-state index is 0.632. The largest absolute Gasteiger partial charge is 0.380 e. The Morgan fingerprint density at radius 1 is 1.00 bits per heavy atom. The molecule has 1 aromatic rings. The third-order valence-corrected chi connectivity index (χ3v) is 4.64. The third kappa shape index (κ3) is 2.43. The predicted molar refractivity (Wildman–Crippen MR) is 68.8 cm³/mol. The molecule has 17 heavy (non-hydrogen) atoms. The van der Waals surface area contributed by atoms with Crippen molar-refractivity contribution in [2.45, 2.75) is 57.4 Å². The van der Waals surface area contributed by atoms with Crippen LogP contribution in [0.3, 0.4) is 0 Å². The summed E-state index contributed by atoms with van der Waals surface area (Å²) >= 11 is 0. The molecule has 0 aromatic carbocycles. The summed E-state index contributed by atoms with van der Waals surface area (Å²) in [5.41, 5.74) is 1.80. The Bertz CT molecular complexity index is 347. The fourth-order valence-electron chi connectivity index (χ4n) is 3.61. The van der Waals surface area contributed by atoms with Gasteiger partial charge in [-0.2, -0.15) is 0 Å². The summed E-state index contributed by atoms with van der Waals surface area (Å²) in [7, 11) is 0. The van der Waals surface area contributed by atoms with Crippen LogP contribution in [0.5, 0.6) is 0 Å². The van der Waals surface area contributed by atoms with Gasteiger partial charge in [-0.1, -0.05) is 12.8 Å². The maximum atomic E-state index is 4.05. The zero-order valence-electron chi connectivity index (χ0n) is 10.4. The lowest BCUT2D eigenvalue weighted by Crippen LogP contribution is -2.31. The van der Waals surface area contributed by atoms with E-state index in [4.69, 9.17) is 0 Å². The van der Waals surface area contributed by atoms with E-state index in [1.165, 1.54) is 51.4 Å². The van der Waals surface area contributed by atoms with E-state index in [9.17, 15) is 0 Å². The highest BCUT2D eigenvalue weighted by Crippen LogP contribution is 2.49. The topological polar surface area (TPSA) is 37.8 Å². The molecule has 2 fully saturated rings. The van der Waals surface area contributed by atoms with E-state index in [2.05, 4.69) is 15.3 Å². The van der Waals surface area contributed by atoms with Gasteiger partial charge >= 0.3 is 0 Å². The first-order chi connectivity index (χ1) is 8.36. The van der Waals surface area contributed by atoms with Crippen LogP contribution < -0.4 is 5.32 Å². The highest BCUT2D eigenvalue weighted by molar-refractivity contribution is 5.38. The summed E-state index contributed by atoms with van der Waals surface area (Å²) in [6.45, 7) is 0. The molecule has 0 unspecified atom stereocenters. The van der Waals surface area contributed by atoms with E-state index in [1.54, 1.807) is 6.33 Å². The molecule has 2 aliphatic rings. The molecule has 0 amide bonds. The molecule has 0 atom stereocenters. The van der Waals surface area contributed by atoms with E-state index in [0.717, 1.165) is 11.1 Å². The smallest absolute Gasteiger partial charge is 0.115 e. The number of nitrogens with one attached hydrogen (secondary N) is 1. The van der Waals surface area contributed by atoms with Crippen LogP contribution in [-0.4, -0.2) is 16.0 Å². The predicted octanol–water partition coefficient (Wildman–Crippen LogP) is 3.39. The quantitative estimate of drug-likeness (QED) is 0.847. The van der Waals surface area contributed by atoms with Gasteiger partial charge in [0.2, 0.25) is 0 Å². The van der Waals surface area contributed by atoms with Crippen molar-refractivity contribution in [2.24, 2.45) is 5.41 Å². The number of rotatable bonds is 2. The van der Waals surface area contributed by atoms with Crippen LogP contribution in [0.25, 0.3) is 0 Å². The summed E-state index contributed by atoms with van der Waals surface area (Å²) in [5.74, 6) is 0. The molecule has 3 heteroatoms. The van der Waals surface area contributed by atoms with Gasteiger partial charge in [-0.05, 0) is 43.9 Å². The van der Waals surface area contributed by atoms with Crippen LogP contribution in [0.2, 0.25) is 0 Å². The molecule has 1 aromatic heterocycles. The van der Waals surface area contributed by atoms with Crippen molar-refractivity contribution in [1.82, 2.24) is 9.97 Å². The average molecular weight is 231 g/mol. The molecular formula is C14H21N3. The first kappa shape index (κ1) is 11.0.